The molecule has 0 bridgehead atoms. The number of carbonyl (C=O) groups is 2. The van der Waals surface area contributed by atoms with Gasteiger partial charge in [-0.1, -0.05) is 18.2 Å². The van der Waals surface area contributed by atoms with E-state index in [1.165, 1.54) is 0 Å². The standard InChI is InChI=1S/C23H27NO5/c1-27-16-28-20-13-9-18(10-14-20)22(25)24-15-17-7-11-21(12-8-17)29-23(26)19-5-3-2-4-6-19/h2-6,9-10,13-14,17,21H,7-8,11-12,15-16H2,1H3,(H,24,25)/t17-,21-. The monoisotopic (exact) mass is 397 g/mol. The van der Waals surface area contributed by atoms with Gasteiger partial charge in [0.2, 0.25) is 0 Å². The molecule has 1 saturated carbocycles. The Labute approximate surface area is 171 Å². The first-order valence-electron chi connectivity index (χ1n) is 9.91. The Hall–Kier alpha value is -2.86. The summed E-state index contributed by atoms with van der Waals surface area (Å²) in [5.41, 5.74) is 1.18. The molecule has 0 radical (unpaired) electrons. The van der Waals surface area contributed by atoms with Gasteiger partial charge in [-0.2, -0.15) is 0 Å². The lowest BCUT2D eigenvalue weighted by atomic mass is 9.87. The average Bonchev–Trinajstić information content (AvgIpc) is 2.78. The number of amides is 1. The third kappa shape index (κ3) is 6.32. The Bertz CT molecular complexity index is 783. The first-order valence-corrected chi connectivity index (χ1v) is 9.91. The van der Waals surface area contributed by atoms with Crippen molar-refractivity contribution in [3.63, 3.8) is 0 Å². The van der Waals surface area contributed by atoms with Gasteiger partial charge in [0.25, 0.3) is 5.91 Å². The van der Waals surface area contributed by atoms with Crippen LogP contribution >= 0.6 is 0 Å². The van der Waals surface area contributed by atoms with Crippen LogP contribution in [0.15, 0.2) is 54.6 Å². The summed E-state index contributed by atoms with van der Waals surface area (Å²) in [5.74, 6) is 0.697. The third-order valence-corrected chi connectivity index (χ3v) is 5.09. The lowest BCUT2D eigenvalue weighted by molar-refractivity contribution is 0.0167. The second kappa shape index (κ2) is 10.6. The van der Waals surface area contributed by atoms with E-state index in [4.69, 9.17) is 14.2 Å². The number of esters is 1. The molecule has 0 aromatic heterocycles. The Morgan fingerprint density at radius 3 is 2.28 bits per heavy atom. The van der Waals surface area contributed by atoms with Gasteiger partial charge in [0.1, 0.15) is 11.9 Å². The maximum Gasteiger partial charge on any atom is 0.338 e. The van der Waals surface area contributed by atoms with Crippen molar-refractivity contribution in [3.8, 4) is 5.75 Å². The van der Waals surface area contributed by atoms with Crippen molar-refractivity contribution < 1.29 is 23.8 Å². The van der Waals surface area contributed by atoms with Crippen molar-refractivity contribution >= 4 is 11.9 Å². The molecule has 154 valence electrons. The molecule has 0 heterocycles. The molecule has 1 N–H and O–H groups in total. The van der Waals surface area contributed by atoms with E-state index in [1.807, 2.05) is 18.2 Å². The van der Waals surface area contributed by atoms with E-state index >= 15 is 0 Å². The van der Waals surface area contributed by atoms with Crippen molar-refractivity contribution in [2.24, 2.45) is 5.92 Å². The van der Waals surface area contributed by atoms with E-state index in [2.05, 4.69) is 5.32 Å². The van der Waals surface area contributed by atoms with Crippen LogP contribution in [0, 0.1) is 5.92 Å². The molecule has 29 heavy (non-hydrogen) atoms. The van der Waals surface area contributed by atoms with E-state index in [0.717, 1.165) is 25.7 Å². The normalized spacial score (nSPS) is 18.7. The van der Waals surface area contributed by atoms with Crippen LogP contribution in [-0.4, -0.2) is 38.4 Å². The summed E-state index contributed by atoms with van der Waals surface area (Å²) in [7, 11) is 1.56. The molecular formula is C23H27NO5. The van der Waals surface area contributed by atoms with E-state index in [9.17, 15) is 9.59 Å². The van der Waals surface area contributed by atoms with Crippen molar-refractivity contribution in [3.05, 3.63) is 65.7 Å². The van der Waals surface area contributed by atoms with E-state index < -0.39 is 0 Å². The number of nitrogens with one attached hydrogen (secondary N) is 1. The largest absolute Gasteiger partial charge is 0.468 e. The van der Waals surface area contributed by atoms with Gasteiger partial charge < -0.3 is 19.5 Å². The predicted octanol–water partition coefficient (Wildman–Crippen LogP) is 3.81. The topological polar surface area (TPSA) is 73.9 Å². The summed E-state index contributed by atoms with van der Waals surface area (Å²) in [6, 6.07) is 16.0. The number of ether oxygens (including phenoxy) is 3. The number of benzene rings is 2. The van der Waals surface area contributed by atoms with Crippen LogP contribution in [0.5, 0.6) is 5.75 Å². The van der Waals surface area contributed by atoms with Gasteiger partial charge in [-0.15, -0.1) is 0 Å². The third-order valence-electron chi connectivity index (χ3n) is 5.09. The van der Waals surface area contributed by atoms with Gasteiger partial charge in [-0.3, -0.25) is 4.79 Å². The Kier molecular flexibility index (Phi) is 7.64. The summed E-state index contributed by atoms with van der Waals surface area (Å²) in [4.78, 5) is 24.5. The fourth-order valence-corrected chi connectivity index (χ4v) is 3.42. The van der Waals surface area contributed by atoms with E-state index in [1.54, 1.807) is 43.5 Å². The van der Waals surface area contributed by atoms with Crippen LogP contribution in [0.4, 0.5) is 0 Å². The molecule has 6 heteroatoms. The van der Waals surface area contributed by atoms with Gasteiger partial charge in [0.05, 0.1) is 5.56 Å². The van der Waals surface area contributed by atoms with E-state index in [0.29, 0.717) is 29.3 Å². The molecule has 3 rings (SSSR count). The van der Waals surface area contributed by atoms with Crippen LogP contribution in [0.1, 0.15) is 46.4 Å². The first kappa shape index (κ1) is 20.9. The second-order valence-corrected chi connectivity index (χ2v) is 7.20. The lowest BCUT2D eigenvalue weighted by Crippen LogP contribution is -2.33. The molecule has 0 atom stereocenters. The maximum absolute atomic E-state index is 12.3. The van der Waals surface area contributed by atoms with Crippen LogP contribution < -0.4 is 10.1 Å². The van der Waals surface area contributed by atoms with Crippen LogP contribution in [0.2, 0.25) is 0 Å². The SMILES string of the molecule is COCOc1ccc(C(=O)NC[C@H]2CC[C@H](OC(=O)c3ccccc3)CC2)cc1. The quantitative estimate of drug-likeness (QED) is 0.542. The second-order valence-electron chi connectivity index (χ2n) is 7.20. The predicted molar refractivity (Wildman–Crippen MR) is 109 cm³/mol. The molecular weight excluding hydrogens is 370 g/mol. The highest BCUT2D eigenvalue weighted by Crippen LogP contribution is 2.26. The smallest absolute Gasteiger partial charge is 0.338 e. The Balaban J connectivity index is 1.38. The van der Waals surface area contributed by atoms with Gasteiger partial charge in [-0.25, -0.2) is 4.79 Å². The van der Waals surface area contributed by atoms with Gasteiger partial charge in [-0.05, 0) is 68.0 Å². The highest BCUT2D eigenvalue weighted by atomic mass is 16.7. The number of hydrogen-bond donors (Lipinski definition) is 1. The number of rotatable bonds is 8. The fourth-order valence-electron chi connectivity index (χ4n) is 3.42. The zero-order valence-corrected chi connectivity index (χ0v) is 16.6. The van der Waals surface area contributed by atoms with Gasteiger partial charge in [0.15, 0.2) is 6.79 Å². The molecule has 1 aliphatic rings. The fraction of sp³-hybridized carbons (Fsp3) is 0.391. The highest BCUT2D eigenvalue weighted by Gasteiger charge is 2.24. The molecule has 0 spiro atoms. The molecule has 0 unspecified atom stereocenters. The van der Waals surface area contributed by atoms with Gasteiger partial charge >= 0.3 is 5.97 Å². The van der Waals surface area contributed by atoms with Crippen LogP contribution in [0.3, 0.4) is 0 Å². The highest BCUT2D eigenvalue weighted by molar-refractivity contribution is 5.94. The minimum atomic E-state index is -0.264. The van der Waals surface area contributed by atoms with Crippen molar-refractivity contribution in [2.45, 2.75) is 31.8 Å². The number of hydrogen-bond acceptors (Lipinski definition) is 5. The zero-order valence-electron chi connectivity index (χ0n) is 16.6. The maximum atomic E-state index is 12.3. The Morgan fingerprint density at radius 2 is 1.62 bits per heavy atom. The molecule has 0 saturated heterocycles. The Morgan fingerprint density at radius 1 is 0.931 bits per heavy atom. The van der Waals surface area contributed by atoms with Gasteiger partial charge in [0, 0.05) is 19.2 Å². The van der Waals surface area contributed by atoms with Crippen molar-refractivity contribution in [1.82, 2.24) is 5.32 Å². The lowest BCUT2D eigenvalue weighted by Gasteiger charge is -2.28. The number of methoxy groups -OCH3 is 1. The summed E-state index contributed by atoms with van der Waals surface area (Å²) < 4.78 is 15.8. The van der Waals surface area contributed by atoms with Crippen molar-refractivity contribution in [1.29, 1.82) is 0 Å². The first-order chi connectivity index (χ1) is 14.2. The molecule has 1 fully saturated rings. The zero-order chi connectivity index (χ0) is 20.5. The minimum absolute atomic E-state index is 0.0469. The summed E-state index contributed by atoms with van der Waals surface area (Å²) >= 11 is 0. The van der Waals surface area contributed by atoms with Crippen LogP contribution in [-0.2, 0) is 9.47 Å². The summed E-state index contributed by atoms with van der Waals surface area (Å²) in [6.45, 7) is 0.801. The molecule has 1 amide bonds. The average molecular weight is 397 g/mol. The minimum Gasteiger partial charge on any atom is -0.468 e. The summed E-state index contributed by atoms with van der Waals surface area (Å²) in [5, 5.41) is 3.00. The summed E-state index contributed by atoms with van der Waals surface area (Å²) in [6.07, 6.45) is 3.46. The van der Waals surface area contributed by atoms with Crippen LogP contribution in [0.25, 0.3) is 0 Å². The molecule has 0 aliphatic heterocycles. The molecule has 1 aliphatic carbocycles. The van der Waals surface area contributed by atoms with E-state index in [-0.39, 0.29) is 24.8 Å². The molecule has 2 aromatic carbocycles. The number of carbonyl (C=O) groups excluding carboxylic acids is 2. The van der Waals surface area contributed by atoms with Crippen molar-refractivity contribution in [2.75, 3.05) is 20.4 Å². The molecule has 6 nitrogen and oxygen atoms in total. The molecule has 2 aromatic rings.